The van der Waals surface area contributed by atoms with Gasteiger partial charge in [0.05, 0.1) is 11.8 Å². The number of aryl methyl sites for hydroxylation is 1. The van der Waals surface area contributed by atoms with Gasteiger partial charge < -0.3 is 20.3 Å². The smallest absolute Gasteiger partial charge is 0.265 e. The van der Waals surface area contributed by atoms with Crippen LogP contribution in [0.4, 0.5) is 5.69 Å². The molecule has 0 saturated carbocycles. The monoisotopic (exact) mass is 453 g/mol. The van der Waals surface area contributed by atoms with Crippen LogP contribution in [0.25, 0.3) is 0 Å². The van der Waals surface area contributed by atoms with E-state index in [1.807, 2.05) is 52.8 Å². The van der Waals surface area contributed by atoms with E-state index in [1.54, 1.807) is 13.1 Å². The number of nitrogens with one attached hydrogen (secondary N) is 2. The summed E-state index contributed by atoms with van der Waals surface area (Å²) < 4.78 is 5.99. The maximum Gasteiger partial charge on any atom is 0.265 e. The van der Waals surface area contributed by atoms with E-state index < -0.39 is 0 Å². The Balaban J connectivity index is 2.35. The zero-order valence-corrected chi connectivity index (χ0v) is 21.2. The van der Waals surface area contributed by atoms with Crippen LogP contribution in [0.2, 0.25) is 0 Å². The number of likely N-dealkylation sites (tertiary alicyclic amines) is 1. The Morgan fingerprint density at radius 2 is 1.94 bits per heavy atom. The first-order valence-corrected chi connectivity index (χ1v) is 11.6. The zero-order chi connectivity index (χ0) is 24.5. The zero-order valence-electron chi connectivity index (χ0n) is 21.2. The number of anilines is 1. The first-order chi connectivity index (χ1) is 15.6. The maximum atomic E-state index is 12.8. The van der Waals surface area contributed by atoms with Gasteiger partial charge in [-0.05, 0) is 97.8 Å². The number of nitrogens with zero attached hydrogens (tertiary/aromatic N) is 3. The van der Waals surface area contributed by atoms with E-state index in [4.69, 9.17) is 4.74 Å². The number of carbonyl (C=O) groups is 1. The summed E-state index contributed by atoms with van der Waals surface area (Å²) in [5.41, 5.74) is 3.48. The van der Waals surface area contributed by atoms with E-state index in [0.29, 0.717) is 22.8 Å². The first-order valence-electron chi connectivity index (χ1n) is 11.6. The molecule has 1 aromatic carbocycles. The molecule has 1 saturated heterocycles. The SMILES string of the molecule is C=C(C)/C(N=C(C)C(=O)NC1CCN(C)CC1)=C(\N=CC)Nc1ccc(C)cc1OC(C)C. The molecule has 180 valence electrons. The molecule has 33 heavy (non-hydrogen) atoms. The number of hydrogen-bond acceptors (Lipinski definition) is 6. The molecule has 1 amide bonds. The highest BCUT2D eigenvalue weighted by molar-refractivity contribution is 6.38. The molecule has 0 aliphatic carbocycles. The van der Waals surface area contributed by atoms with Crippen LogP contribution in [0.5, 0.6) is 5.75 Å². The Kier molecular flexibility index (Phi) is 9.85. The second-order valence-electron chi connectivity index (χ2n) is 8.90. The van der Waals surface area contributed by atoms with Crippen LogP contribution in [-0.2, 0) is 4.79 Å². The Morgan fingerprint density at radius 1 is 1.27 bits per heavy atom. The van der Waals surface area contributed by atoms with Gasteiger partial charge in [-0.3, -0.25) is 4.79 Å². The third-order valence-corrected chi connectivity index (χ3v) is 5.30. The molecule has 7 heteroatoms. The van der Waals surface area contributed by atoms with Crippen LogP contribution in [0.1, 0.15) is 53.0 Å². The van der Waals surface area contributed by atoms with Crippen molar-refractivity contribution in [1.82, 2.24) is 10.2 Å². The fourth-order valence-electron chi connectivity index (χ4n) is 3.51. The van der Waals surface area contributed by atoms with Crippen molar-refractivity contribution in [2.45, 2.75) is 66.5 Å². The van der Waals surface area contributed by atoms with E-state index in [0.717, 1.165) is 42.9 Å². The quantitative estimate of drug-likeness (QED) is 0.420. The number of hydrogen-bond donors (Lipinski definition) is 2. The Morgan fingerprint density at radius 3 is 2.52 bits per heavy atom. The molecule has 1 fully saturated rings. The Bertz CT molecular complexity index is 938. The summed E-state index contributed by atoms with van der Waals surface area (Å²) in [7, 11) is 2.10. The van der Waals surface area contributed by atoms with Gasteiger partial charge in [0.1, 0.15) is 17.2 Å². The van der Waals surface area contributed by atoms with Crippen LogP contribution in [-0.4, -0.2) is 55.0 Å². The Labute approximate surface area is 198 Å². The topological polar surface area (TPSA) is 78.3 Å². The number of benzene rings is 1. The molecule has 0 bridgehead atoms. The lowest BCUT2D eigenvalue weighted by Gasteiger charge is -2.29. The average Bonchev–Trinajstić information content (AvgIpc) is 2.74. The largest absolute Gasteiger partial charge is 0.489 e. The van der Waals surface area contributed by atoms with Gasteiger partial charge in [-0.15, -0.1) is 0 Å². The van der Waals surface area contributed by atoms with Crippen LogP contribution in [0, 0.1) is 6.92 Å². The third-order valence-electron chi connectivity index (χ3n) is 5.30. The van der Waals surface area contributed by atoms with E-state index >= 15 is 0 Å². The van der Waals surface area contributed by atoms with Gasteiger partial charge >= 0.3 is 0 Å². The summed E-state index contributed by atoms with van der Waals surface area (Å²) in [6.07, 6.45) is 3.60. The van der Waals surface area contributed by atoms with Crippen LogP contribution in [0.15, 0.2) is 51.9 Å². The average molecular weight is 454 g/mol. The van der Waals surface area contributed by atoms with Gasteiger partial charge in [-0.1, -0.05) is 12.6 Å². The lowest BCUT2D eigenvalue weighted by Crippen LogP contribution is -2.45. The van der Waals surface area contributed by atoms with Crippen molar-refractivity contribution in [2.75, 3.05) is 25.5 Å². The number of amides is 1. The fraction of sp³-hybridized carbons (Fsp3) is 0.500. The summed E-state index contributed by atoms with van der Waals surface area (Å²) in [6.45, 7) is 17.4. The second-order valence-corrected chi connectivity index (χ2v) is 8.90. The fourth-order valence-corrected chi connectivity index (χ4v) is 3.51. The van der Waals surface area contributed by atoms with Crippen LogP contribution < -0.4 is 15.4 Å². The molecule has 0 aromatic heterocycles. The van der Waals surface area contributed by atoms with E-state index in [2.05, 4.69) is 39.1 Å². The molecular weight excluding hydrogens is 414 g/mol. The molecule has 7 nitrogen and oxygen atoms in total. The van der Waals surface area contributed by atoms with Crippen molar-refractivity contribution >= 4 is 23.5 Å². The van der Waals surface area contributed by atoms with E-state index in [1.165, 1.54) is 0 Å². The summed E-state index contributed by atoms with van der Waals surface area (Å²) in [5.74, 6) is 1.08. The molecule has 0 unspecified atom stereocenters. The molecule has 1 heterocycles. The van der Waals surface area contributed by atoms with Gasteiger partial charge in [0, 0.05) is 12.3 Å². The summed E-state index contributed by atoms with van der Waals surface area (Å²) in [4.78, 5) is 24.2. The molecule has 2 rings (SSSR count). The molecule has 1 aromatic rings. The van der Waals surface area contributed by atoms with E-state index in [-0.39, 0.29) is 18.1 Å². The first kappa shape index (κ1) is 26.3. The lowest BCUT2D eigenvalue weighted by atomic mass is 10.1. The predicted octanol–water partition coefficient (Wildman–Crippen LogP) is 4.70. The van der Waals surface area contributed by atoms with Gasteiger partial charge in [0.2, 0.25) is 0 Å². The molecule has 0 radical (unpaired) electrons. The van der Waals surface area contributed by atoms with Gasteiger partial charge in [-0.25, -0.2) is 9.98 Å². The summed E-state index contributed by atoms with van der Waals surface area (Å²) >= 11 is 0. The van der Waals surface area contributed by atoms with E-state index in [9.17, 15) is 4.79 Å². The number of rotatable bonds is 9. The highest BCUT2D eigenvalue weighted by atomic mass is 16.5. The molecule has 1 aliphatic heterocycles. The highest BCUT2D eigenvalue weighted by Gasteiger charge is 2.20. The number of carbonyl (C=O) groups excluding carboxylic acids is 1. The van der Waals surface area contributed by atoms with Crippen molar-refractivity contribution in [1.29, 1.82) is 0 Å². The molecule has 2 N–H and O–H groups in total. The van der Waals surface area contributed by atoms with Gasteiger partial charge in [-0.2, -0.15) is 0 Å². The minimum absolute atomic E-state index is 0.0265. The number of aliphatic imine (C=N–C) groups is 2. The number of allylic oxidation sites excluding steroid dienone is 1. The van der Waals surface area contributed by atoms with Crippen LogP contribution in [0.3, 0.4) is 0 Å². The molecule has 0 spiro atoms. The Hall–Kier alpha value is -2.93. The predicted molar refractivity (Wildman–Crippen MR) is 138 cm³/mol. The maximum absolute atomic E-state index is 12.8. The van der Waals surface area contributed by atoms with Crippen LogP contribution >= 0.6 is 0 Å². The second kappa shape index (κ2) is 12.3. The molecular formula is C26H39N5O2. The third kappa shape index (κ3) is 8.17. The minimum atomic E-state index is -0.165. The normalized spacial score (nSPS) is 16.7. The van der Waals surface area contributed by atoms with Crippen molar-refractivity contribution < 1.29 is 9.53 Å². The summed E-state index contributed by atoms with van der Waals surface area (Å²) in [6, 6.07) is 6.12. The van der Waals surface area contributed by atoms with Gasteiger partial charge in [0.25, 0.3) is 5.91 Å². The number of piperidine rings is 1. The van der Waals surface area contributed by atoms with Crippen molar-refractivity contribution in [3.63, 3.8) is 0 Å². The standard InChI is InChI=1S/C26H39N5O2/c1-9-27-25(30-22-11-10-19(6)16-23(22)33-18(4)5)24(17(2)3)28-20(7)26(32)29-21-12-14-31(8)15-13-21/h9-11,16,18,21,30H,2,12-15H2,1,3-8H3,(H,29,32)/b25-24-,27-9?,28-20?. The lowest BCUT2D eigenvalue weighted by molar-refractivity contribution is -0.115. The summed E-state index contributed by atoms with van der Waals surface area (Å²) in [5, 5.41) is 6.46. The van der Waals surface area contributed by atoms with Crippen molar-refractivity contribution in [2.24, 2.45) is 9.98 Å². The van der Waals surface area contributed by atoms with Gasteiger partial charge in [0.15, 0.2) is 5.82 Å². The highest BCUT2D eigenvalue weighted by Crippen LogP contribution is 2.30. The van der Waals surface area contributed by atoms with Crippen molar-refractivity contribution in [3.8, 4) is 5.75 Å². The number of ether oxygens (including phenoxy) is 1. The molecule has 0 atom stereocenters. The minimum Gasteiger partial charge on any atom is -0.489 e. The van der Waals surface area contributed by atoms with Crippen molar-refractivity contribution in [3.05, 3.63) is 47.4 Å². The molecule has 1 aliphatic rings.